The van der Waals surface area contributed by atoms with E-state index in [1.165, 1.54) is 18.6 Å². The summed E-state index contributed by atoms with van der Waals surface area (Å²) in [5, 5.41) is 0. The maximum absolute atomic E-state index is 12.8. The number of hydrogen-bond donors (Lipinski definition) is 0. The highest BCUT2D eigenvalue weighted by molar-refractivity contribution is 5.98. The Balaban J connectivity index is 1.43. The topological polar surface area (TPSA) is 52.3 Å². The van der Waals surface area contributed by atoms with Crippen LogP contribution in [0.15, 0.2) is 52.9 Å². The van der Waals surface area contributed by atoms with Crippen LogP contribution in [0.25, 0.3) is 11.5 Å². The highest BCUT2D eigenvalue weighted by Gasteiger charge is 2.30. The summed E-state index contributed by atoms with van der Waals surface area (Å²) in [6.45, 7) is 1.85. The smallest absolute Gasteiger partial charge is 0.416 e. The fraction of sp³-hybridized carbons (Fsp3) is 0.360. The first-order valence-corrected chi connectivity index (χ1v) is 10.7. The lowest BCUT2D eigenvalue weighted by atomic mass is 9.84. The lowest BCUT2D eigenvalue weighted by Crippen LogP contribution is -2.17. The number of aromatic nitrogens is 1. The zero-order valence-corrected chi connectivity index (χ0v) is 17.7. The Morgan fingerprint density at radius 3 is 2.50 bits per heavy atom. The number of nitrogens with zero attached hydrogens (tertiary/aromatic N) is 1. The molecule has 0 N–H and O–H groups in total. The summed E-state index contributed by atoms with van der Waals surface area (Å²) in [4.78, 5) is 17.2. The molecular weight excluding hydrogens is 419 g/mol. The fourth-order valence-corrected chi connectivity index (χ4v) is 3.98. The zero-order chi connectivity index (χ0) is 22.7. The summed E-state index contributed by atoms with van der Waals surface area (Å²) in [5.74, 6) is 1.57. The van der Waals surface area contributed by atoms with Crippen molar-refractivity contribution in [2.24, 2.45) is 5.92 Å². The minimum absolute atomic E-state index is 0.0862. The number of carbonyl (C=O) groups is 1. The summed E-state index contributed by atoms with van der Waals surface area (Å²) < 4.78 is 49.7. The van der Waals surface area contributed by atoms with Gasteiger partial charge >= 0.3 is 6.18 Å². The van der Waals surface area contributed by atoms with Gasteiger partial charge in [0.05, 0.1) is 5.56 Å². The van der Waals surface area contributed by atoms with Crippen LogP contribution >= 0.6 is 0 Å². The van der Waals surface area contributed by atoms with Crippen LogP contribution in [-0.4, -0.2) is 10.8 Å². The first-order valence-electron chi connectivity index (χ1n) is 10.7. The molecule has 7 heteroatoms. The van der Waals surface area contributed by atoms with Gasteiger partial charge in [-0.25, -0.2) is 4.98 Å². The molecule has 1 fully saturated rings. The van der Waals surface area contributed by atoms with E-state index >= 15 is 0 Å². The summed E-state index contributed by atoms with van der Waals surface area (Å²) in [5.41, 5.74) is 0.920. The van der Waals surface area contributed by atoms with Crippen molar-refractivity contribution in [1.82, 2.24) is 4.98 Å². The minimum Gasteiger partial charge on any atom is -0.487 e. The molecular formula is C25H24F3NO3. The van der Waals surface area contributed by atoms with E-state index in [1.807, 2.05) is 6.07 Å². The lowest BCUT2D eigenvalue weighted by Gasteiger charge is -2.20. The van der Waals surface area contributed by atoms with E-state index in [1.54, 1.807) is 25.1 Å². The van der Waals surface area contributed by atoms with Gasteiger partial charge < -0.3 is 9.15 Å². The van der Waals surface area contributed by atoms with Gasteiger partial charge in [-0.05, 0) is 56.2 Å². The number of aryl methyl sites for hydroxylation is 1. The molecule has 1 aliphatic rings. The van der Waals surface area contributed by atoms with Crippen LogP contribution in [0.3, 0.4) is 0 Å². The molecule has 2 aromatic carbocycles. The zero-order valence-electron chi connectivity index (χ0n) is 17.7. The predicted molar refractivity (Wildman–Crippen MR) is 113 cm³/mol. The molecule has 0 spiro atoms. The molecule has 32 heavy (non-hydrogen) atoms. The Kier molecular flexibility index (Phi) is 6.35. The van der Waals surface area contributed by atoms with E-state index in [9.17, 15) is 18.0 Å². The molecule has 0 saturated heterocycles. The Morgan fingerprint density at radius 2 is 1.81 bits per heavy atom. The van der Waals surface area contributed by atoms with Crippen molar-refractivity contribution < 1.29 is 27.1 Å². The van der Waals surface area contributed by atoms with Gasteiger partial charge in [-0.2, -0.15) is 13.2 Å². The molecule has 0 aliphatic heterocycles. The quantitative estimate of drug-likeness (QED) is 0.385. The molecule has 1 saturated carbocycles. The number of carbonyl (C=O) groups excluding carboxylic acids is 1. The van der Waals surface area contributed by atoms with Gasteiger partial charge in [-0.15, -0.1) is 0 Å². The Labute approximate surface area is 184 Å². The summed E-state index contributed by atoms with van der Waals surface area (Å²) in [6, 6.07) is 11.8. The summed E-state index contributed by atoms with van der Waals surface area (Å²) in [7, 11) is 0. The highest BCUT2D eigenvalue weighted by Crippen LogP contribution is 2.32. The van der Waals surface area contributed by atoms with Crippen LogP contribution in [0.4, 0.5) is 13.2 Å². The molecule has 4 rings (SSSR count). The van der Waals surface area contributed by atoms with Crippen molar-refractivity contribution in [2.45, 2.75) is 51.8 Å². The Bertz CT molecular complexity index is 1080. The average Bonchev–Trinajstić information content (AvgIpc) is 3.18. The number of Topliss-reactive ketones (excluding diaryl/α,β-unsaturated/α-hetero) is 1. The minimum atomic E-state index is -4.39. The second-order valence-corrected chi connectivity index (χ2v) is 8.11. The molecule has 0 unspecified atom stereocenters. The van der Waals surface area contributed by atoms with E-state index in [0.717, 1.165) is 37.8 Å². The molecule has 1 heterocycles. The number of oxazole rings is 1. The van der Waals surface area contributed by atoms with Crippen LogP contribution < -0.4 is 4.74 Å². The number of alkyl halides is 3. The van der Waals surface area contributed by atoms with Crippen molar-refractivity contribution in [3.8, 4) is 17.2 Å². The number of benzene rings is 2. The van der Waals surface area contributed by atoms with E-state index < -0.39 is 11.7 Å². The van der Waals surface area contributed by atoms with Gasteiger partial charge in [0.2, 0.25) is 5.89 Å². The predicted octanol–water partition coefficient (Wildman–Crippen LogP) is 7.01. The molecule has 1 aliphatic carbocycles. The Morgan fingerprint density at radius 1 is 1.09 bits per heavy atom. The summed E-state index contributed by atoms with van der Waals surface area (Å²) in [6.07, 6.45) is 0.873. The van der Waals surface area contributed by atoms with Gasteiger partial charge in [0.25, 0.3) is 0 Å². The maximum Gasteiger partial charge on any atom is 0.416 e. The molecule has 0 amide bonds. The molecule has 168 valence electrons. The van der Waals surface area contributed by atoms with Gasteiger partial charge in [0, 0.05) is 17.0 Å². The maximum atomic E-state index is 12.8. The highest BCUT2D eigenvalue weighted by atomic mass is 19.4. The molecule has 3 aromatic rings. The molecule has 0 radical (unpaired) electrons. The number of hydrogen-bond acceptors (Lipinski definition) is 4. The van der Waals surface area contributed by atoms with Crippen molar-refractivity contribution in [3.05, 3.63) is 71.1 Å². The van der Waals surface area contributed by atoms with Crippen molar-refractivity contribution >= 4 is 5.78 Å². The number of halogens is 3. The largest absolute Gasteiger partial charge is 0.487 e. The third-order valence-electron chi connectivity index (χ3n) is 5.82. The normalized spacial score (nSPS) is 15.0. The molecule has 0 atom stereocenters. The summed E-state index contributed by atoms with van der Waals surface area (Å²) >= 11 is 0. The third kappa shape index (κ3) is 5.03. The van der Waals surface area contributed by atoms with Gasteiger partial charge in [0.15, 0.2) is 5.78 Å². The van der Waals surface area contributed by atoms with Crippen LogP contribution in [0, 0.1) is 12.8 Å². The van der Waals surface area contributed by atoms with Crippen LogP contribution in [-0.2, 0) is 12.8 Å². The molecule has 1 aromatic heterocycles. The van der Waals surface area contributed by atoms with E-state index in [4.69, 9.17) is 9.15 Å². The van der Waals surface area contributed by atoms with Crippen molar-refractivity contribution in [3.63, 3.8) is 0 Å². The fourth-order valence-electron chi connectivity index (χ4n) is 3.98. The monoisotopic (exact) mass is 443 g/mol. The van der Waals surface area contributed by atoms with E-state index in [-0.39, 0.29) is 24.2 Å². The molecule has 0 bridgehead atoms. The molecule has 4 nitrogen and oxygen atoms in total. The SMILES string of the molecule is Cc1oc(-c2ccc(C(F)(F)F)cc2)nc1COc1cccc(C(=O)C2CCCCC2)c1. The third-order valence-corrected chi connectivity index (χ3v) is 5.82. The van der Waals surface area contributed by atoms with Gasteiger partial charge in [0.1, 0.15) is 23.8 Å². The number of ether oxygens (including phenoxy) is 1. The number of ketones is 1. The lowest BCUT2D eigenvalue weighted by molar-refractivity contribution is -0.137. The van der Waals surface area contributed by atoms with E-state index in [2.05, 4.69) is 4.98 Å². The average molecular weight is 443 g/mol. The van der Waals surface area contributed by atoms with Crippen LogP contribution in [0.1, 0.15) is 59.5 Å². The van der Waals surface area contributed by atoms with E-state index in [0.29, 0.717) is 28.3 Å². The van der Waals surface area contributed by atoms with Gasteiger partial charge in [-0.3, -0.25) is 4.79 Å². The van der Waals surface area contributed by atoms with Crippen LogP contribution in [0.5, 0.6) is 5.75 Å². The standard InChI is InChI=1S/C25H24F3NO3/c1-16-22(29-24(32-16)18-10-12-20(13-11-18)25(26,27)28)15-31-21-9-5-8-19(14-21)23(30)17-6-3-2-4-7-17/h5,8-14,17H,2-4,6-7,15H2,1H3. The second kappa shape index (κ2) is 9.18. The van der Waals surface area contributed by atoms with Crippen molar-refractivity contribution in [2.75, 3.05) is 0 Å². The van der Waals surface area contributed by atoms with Crippen molar-refractivity contribution in [1.29, 1.82) is 0 Å². The number of rotatable bonds is 6. The Hall–Kier alpha value is -3.09. The van der Waals surface area contributed by atoms with Crippen LogP contribution in [0.2, 0.25) is 0 Å². The first-order chi connectivity index (χ1) is 15.3. The second-order valence-electron chi connectivity index (χ2n) is 8.11. The first kappa shape index (κ1) is 22.1. The van der Waals surface area contributed by atoms with Gasteiger partial charge in [-0.1, -0.05) is 31.4 Å².